The van der Waals surface area contributed by atoms with Crippen molar-refractivity contribution < 1.29 is 64.8 Å². The molecule has 2 aromatic heterocycles. The summed E-state index contributed by atoms with van der Waals surface area (Å²) in [5.74, 6) is -1.55. The highest BCUT2D eigenvalue weighted by Gasteiger charge is 2.64. The van der Waals surface area contributed by atoms with Crippen LogP contribution in [0.15, 0.2) is 152 Å². The predicted molar refractivity (Wildman–Crippen MR) is 531 cm³/mol. The second kappa shape index (κ2) is 54.2. The molecule has 0 amide bonds. The van der Waals surface area contributed by atoms with E-state index in [9.17, 15) is 42.2 Å². The van der Waals surface area contributed by atoms with Crippen LogP contribution >= 0.6 is 63.7 Å². The molecule has 40 heteroatoms. The summed E-state index contributed by atoms with van der Waals surface area (Å²) in [5, 5.41) is 40.9. The van der Waals surface area contributed by atoms with E-state index in [-0.39, 0.29) is 75.8 Å². The minimum Gasteiger partial charge on any atom is -0.405 e. The topological polar surface area (TPSA) is 356 Å². The summed E-state index contributed by atoms with van der Waals surface area (Å²) in [6.07, 6.45) is 8.17. The van der Waals surface area contributed by atoms with E-state index in [1.54, 1.807) is 30.5 Å². The molecular weight excluding hydrogens is 1920 g/mol. The van der Waals surface area contributed by atoms with Gasteiger partial charge >= 0.3 is 26.8 Å². The fourth-order valence-electron chi connectivity index (χ4n) is 11.1. The molecule has 0 saturated carbocycles. The predicted octanol–water partition coefficient (Wildman–Crippen LogP) is 18.2. The van der Waals surface area contributed by atoms with E-state index in [1.165, 1.54) is 98.5 Å². The van der Waals surface area contributed by atoms with Crippen LogP contribution in [0.25, 0.3) is 22.3 Å². The number of likely N-dealkylation sites (N-methyl/N-ethyl adjacent to an activating group) is 4. The van der Waals surface area contributed by atoms with Crippen molar-refractivity contribution in [1.82, 2.24) is 34.5 Å². The van der Waals surface area contributed by atoms with Gasteiger partial charge in [-0.2, -0.15) is 0 Å². The first-order chi connectivity index (χ1) is 59.0. The average molecular weight is 2050 g/mol. The van der Waals surface area contributed by atoms with Crippen LogP contribution in [-0.4, -0.2) is 241 Å². The third-order valence-electron chi connectivity index (χ3n) is 20.2. The van der Waals surface area contributed by atoms with E-state index in [4.69, 9.17) is 56.0 Å². The van der Waals surface area contributed by atoms with Gasteiger partial charge in [-0.05, 0) is 296 Å². The fraction of sp³-hybridized carbons (Fsp3) is 0.477. The van der Waals surface area contributed by atoms with Crippen molar-refractivity contribution in [2.24, 2.45) is 0 Å². The SMILES string of the molecule is C.CC1(C)OB(B2OC(C)(C)C(C)(C)O2)OC1(C)C.CCCCN(C)C.CN(C)CCNc1cc(F)cc(-c2cncc(N)c2N)c1.CN(C)CCNc1cc(F)cc(-c2cncc([N+](=O)[O-])c2N)c1.CN(C)CCNc1cc(F)cc(B2OC(C)(C)C(C)(C)O2)c1.CN(C)CCNc1cc(F)cc(Br)c1.CO.Fc1cc(Br)cc(Br)c1.Nc1c(Br)cccc1[N+](=O)[O-]. The van der Waals surface area contributed by atoms with Crippen molar-refractivity contribution >= 4 is 147 Å². The van der Waals surface area contributed by atoms with E-state index in [0.717, 1.165) is 83.9 Å². The van der Waals surface area contributed by atoms with Gasteiger partial charge in [-0.3, -0.25) is 30.2 Å². The Labute approximate surface area is 789 Å². The lowest BCUT2D eigenvalue weighted by Crippen LogP contribution is -2.41. The van der Waals surface area contributed by atoms with Crippen LogP contribution in [0.4, 0.5) is 78.8 Å². The smallest absolute Gasteiger partial charge is 0.405 e. The summed E-state index contributed by atoms with van der Waals surface area (Å²) < 4.78 is 105. The number of nitro groups is 2. The van der Waals surface area contributed by atoms with Gasteiger partial charge in [0.2, 0.25) is 0 Å². The highest BCUT2D eigenvalue weighted by Crippen LogP contribution is 2.44. The van der Waals surface area contributed by atoms with Crippen LogP contribution in [0.3, 0.4) is 0 Å². The Hall–Kier alpha value is -7.90. The first-order valence-electron chi connectivity index (χ1n) is 40.8. The molecule has 3 aliphatic heterocycles. The van der Waals surface area contributed by atoms with Crippen molar-refractivity contribution in [3.63, 3.8) is 0 Å². The van der Waals surface area contributed by atoms with Gasteiger partial charge in [-0.15, -0.1) is 0 Å². The van der Waals surface area contributed by atoms with E-state index in [1.807, 2.05) is 167 Å². The zero-order valence-electron chi connectivity index (χ0n) is 77.5. The molecule has 0 spiro atoms. The van der Waals surface area contributed by atoms with Gasteiger partial charge < -0.3 is 102 Å². The summed E-state index contributed by atoms with van der Waals surface area (Å²) in [6, 6.07) is 27.9. The van der Waals surface area contributed by atoms with Crippen molar-refractivity contribution in [1.29, 1.82) is 0 Å². The molecule has 11 rings (SSSR count). The van der Waals surface area contributed by atoms with Crippen LogP contribution in [0.5, 0.6) is 0 Å². The number of nitrogens with one attached hydrogen (secondary N) is 4. The number of nitrogens with two attached hydrogens (primary N) is 4. The zero-order valence-corrected chi connectivity index (χ0v) is 83.8. The van der Waals surface area contributed by atoms with Gasteiger partial charge in [0.25, 0.3) is 5.69 Å². The number of anilines is 8. The van der Waals surface area contributed by atoms with Gasteiger partial charge in [0.05, 0.1) is 61.0 Å². The highest BCUT2D eigenvalue weighted by molar-refractivity contribution is 9.11. The van der Waals surface area contributed by atoms with Gasteiger partial charge in [-0.1, -0.05) is 74.6 Å². The molecular formula is C88H133B3Br4F5N17O11. The largest absolute Gasteiger partial charge is 0.495 e. The Morgan fingerprint density at radius 2 is 0.734 bits per heavy atom. The minimum absolute atomic E-state index is 0. The molecule has 708 valence electrons. The normalized spacial score (nSPS) is 14.9. The van der Waals surface area contributed by atoms with Crippen LogP contribution in [0.1, 0.15) is 110 Å². The Morgan fingerprint density at radius 3 is 1.07 bits per heavy atom. The molecule has 8 aromatic rings. The molecule has 128 heavy (non-hydrogen) atoms. The molecule has 13 N–H and O–H groups in total. The molecule has 0 radical (unpaired) electrons. The maximum absolute atomic E-state index is 13.9. The fourth-order valence-corrected chi connectivity index (χ4v) is 13.2. The first-order valence-corrected chi connectivity index (χ1v) is 43.9. The van der Waals surface area contributed by atoms with Gasteiger partial charge in [0.1, 0.15) is 46.7 Å². The molecule has 0 aliphatic carbocycles. The lowest BCUT2D eigenvalue weighted by molar-refractivity contribution is -0.384. The Kier molecular flexibility index (Phi) is 49.2. The van der Waals surface area contributed by atoms with Crippen LogP contribution < -0.4 is 49.7 Å². The number of hydrogen-bond acceptors (Lipinski definition) is 26. The van der Waals surface area contributed by atoms with Crippen LogP contribution in [-0.2, 0) is 27.9 Å². The first kappa shape index (κ1) is 116. The number of nitro benzene ring substituents is 1. The molecule has 0 bridgehead atoms. The lowest BCUT2D eigenvalue weighted by Gasteiger charge is -2.32. The van der Waals surface area contributed by atoms with E-state index >= 15 is 0 Å². The lowest BCUT2D eigenvalue weighted by atomic mass is 9.49. The van der Waals surface area contributed by atoms with Crippen LogP contribution in [0.2, 0.25) is 0 Å². The number of halogens is 9. The monoisotopic (exact) mass is 2050 g/mol. The summed E-state index contributed by atoms with van der Waals surface area (Å²) in [4.78, 5) is 38.3. The number of hydrogen-bond donors (Lipinski definition) is 9. The second-order valence-electron chi connectivity index (χ2n) is 33.9. The summed E-state index contributed by atoms with van der Waals surface area (Å²) in [6.45, 7) is 34.0. The highest BCUT2D eigenvalue weighted by atomic mass is 79.9. The number of para-hydroxylation sites is 1. The number of aromatic nitrogens is 2. The average Bonchev–Trinajstić information content (AvgIpc) is 1.60. The molecule has 3 saturated heterocycles. The van der Waals surface area contributed by atoms with Gasteiger partial charge in [0.15, 0.2) is 0 Å². The number of benzene rings is 6. The second-order valence-corrected chi connectivity index (χ2v) is 37.5. The van der Waals surface area contributed by atoms with Crippen molar-refractivity contribution in [3.05, 3.63) is 201 Å². The molecule has 28 nitrogen and oxygen atoms in total. The number of nitrogen functional groups attached to an aromatic ring is 4. The number of aliphatic hydroxyl groups is 1. The Bertz CT molecular complexity index is 4620. The molecule has 6 aromatic carbocycles. The molecule has 3 fully saturated rings. The number of nitrogens with zero attached hydrogens (tertiary/aromatic N) is 9. The molecule has 5 heterocycles. The Morgan fingerprint density at radius 1 is 0.414 bits per heavy atom. The summed E-state index contributed by atoms with van der Waals surface area (Å²) in [7, 11) is 19.6. The molecule has 0 unspecified atom stereocenters. The quantitative estimate of drug-likeness (QED) is 0.00843. The number of pyridine rings is 2. The maximum atomic E-state index is 13.9. The van der Waals surface area contributed by atoms with Crippen LogP contribution in [0, 0.1) is 49.3 Å². The van der Waals surface area contributed by atoms with Crippen molar-refractivity contribution in [2.45, 2.75) is 144 Å². The molecule has 3 aliphatic rings. The number of unbranched alkanes of at least 4 members (excludes halogenated alkanes) is 1. The summed E-state index contributed by atoms with van der Waals surface area (Å²) in [5.41, 5.74) is 26.7. The van der Waals surface area contributed by atoms with Gasteiger partial charge in [-0.25, -0.2) is 22.0 Å². The van der Waals surface area contributed by atoms with Gasteiger partial charge in [0, 0.05) is 130 Å². The zero-order chi connectivity index (χ0) is 96.4. The van der Waals surface area contributed by atoms with Crippen molar-refractivity contribution in [2.75, 3.05) is 181 Å². The maximum Gasteiger partial charge on any atom is 0.495 e. The third kappa shape index (κ3) is 39.3. The Balaban J connectivity index is 0.000000505. The number of rotatable bonds is 25. The van der Waals surface area contributed by atoms with Crippen molar-refractivity contribution in [3.8, 4) is 22.3 Å². The van der Waals surface area contributed by atoms with E-state index in [0.29, 0.717) is 61.5 Å². The van der Waals surface area contributed by atoms with E-state index in [2.05, 4.69) is 131 Å². The summed E-state index contributed by atoms with van der Waals surface area (Å²) >= 11 is 12.6. The standard InChI is InChI=1S/C16H26BFN2O2.C15H18FN5O2.C15H20FN5.C12H24B2O4.C10H14BrFN2.C6H3Br2F.C6H5BrN2O2.C6H15N.CH4O.CH4/c1-15(2)16(3,4)22-17(21-15)12-9-13(18)11-14(10-12)19-7-8-20(5)6;1-20(2)4-3-19-12-6-10(5-11(16)7-12)13-8-18-9-14(15(13)17)21(22)23;1-21(2)4-3-20-12-6-10(5-11(16)7-12)13-8-19-9-14(17)15(13)18;1-9(2)10(3,4)16-13(15-9)14-17-11(5,6)12(7,8)18-14;1-14(2)4-3-13-10-6-8(11)5-9(12)7-10;7-4-1-5(8)3-6(9)2-4;7-4-2-1-3-5(6(4)8)9(10)11;1-4-5-6-7(2)3;1-2;/h9-11,19H,7-8H2,1-6H3;5-9,19H,3-4H2,1-2H3,(H2,17,18);5-9,20H,3-4,17H2,1-2H3,(H2,18,19);1-8H3;5-7,13H,3-4H2,1-2H3;1-3H;1-3H,8H2;4-6H2,1-3H3;2H,1H3;1H4. The molecule has 0 atom stereocenters. The number of aliphatic hydroxyl groups excluding tert-OH is 1. The van der Waals surface area contributed by atoms with E-state index < -0.39 is 48.0 Å². The third-order valence-corrected chi connectivity index (χ3v) is 22.3. The minimum atomic E-state index is -0.610.